The second kappa shape index (κ2) is 11.0. The second-order valence-electron chi connectivity index (χ2n) is 6.75. The van der Waals surface area contributed by atoms with Crippen molar-refractivity contribution in [2.45, 2.75) is 35.8 Å². The summed E-state index contributed by atoms with van der Waals surface area (Å²) in [6.07, 6.45) is 0.974. The van der Waals surface area contributed by atoms with Crippen LogP contribution in [0.1, 0.15) is 31.7 Å². The molecule has 1 aromatic heterocycles. The van der Waals surface area contributed by atoms with E-state index in [4.69, 9.17) is 4.74 Å². The minimum Gasteiger partial charge on any atom is -0.497 e. The average Bonchev–Trinajstić information content (AvgIpc) is 3.21. The number of rotatable bonds is 10. The molecule has 0 fully saturated rings. The molecule has 0 bridgehead atoms. The first-order chi connectivity index (χ1) is 14.6. The van der Waals surface area contributed by atoms with E-state index in [2.05, 4.69) is 39.9 Å². The number of amides is 1. The molecular weight excluding hydrogens is 416 g/mol. The van der Waals surface area contributed by atoms with Crippen molar-refractivity contribution in [2.24, 2.45) is 0 Å². The van der Waals surface area contributed by atoms with E-state index in [9.17, 15) is 4.79 Å². The Balaban J connectivity index is 1.51. The Labute approximate surface area is 185 Å². The molecule has 3 aromatic rings. The molecule has 8 heteroatoms. The molecule has 0 unspecified atom stereocenters. The van der Waals surface area contributed by atoms with Gasteiger partial charge in [0.1, 0.15) is 5.75 Å². The molecule has 2 N–H and O–H groups in total. The zero-order valence-corrected chi connectivity index (χ0v) is 18.9. The molecule has 0 saturated heterocycles. The summed E-state index contributed by atoms with van der Waals surface area (Å²) in [6.45, 7) is 4.66. The van der Waals surface area contributed by atoms with Crippen LogP contribution in [0.4, 0.5) is 10.8 Å². The zero-order valence-electron chi connectivity index (χ0n) is 17.3. The van der Waals surface area contributed by atoms with Gasteiger partial charge in [0, 0.05) is 24.2 Å². The Morgan fingerprint density at radius 3 is 2.70 bits per heavy atom. The van der Waals surface area contributed by atoms with Gasteiger partial charge in [-0.25, -0.2) is 0 Å². The number of aromatic nitrogens is 2. The lowest BCUT2D eigenvalue weighted by Gasteiger charge is -2.17. The number of methoxy groups -OCH3 is 1. The van der Waals surface area contributed by atoms with Crippen molar-refractivity contribution in [1.29, 1.82) is 0 Å². The van der Waals surface area contributed by atoms with Crippen LogP contribution in [0.25, 0.3) is 0 Å². The Morgan fingerprint density at radius 2 is 1.97 bits per heavy atom. The fraction of sp³-hybridized carbons (Fsp3) is 0.318. The maximum Gasteiger partial charge on any atom is 0.233 e. The molecule has 0 radical (unpaired) electrons. The predicted molar refractivity (Wildman–Crippen MR) is 124 cm³/mol. The number of ether oxygens (including phenoxy) is 1. The van der Waals surface area contributed by atoms with Gasteiger partial charge in [0.15, 0.2) is 4.34 Å². The molecule has 3 rings (SSSR count). The van der Waals surface area contributed by atoms with Gasteiger partial charge >= 0.3 is 0 Å². The van der Waals surface area contributed by atoms with Crippen molar-refractivity contribution in [3.05, 3.63) is 60.2 Å². The van der Waals surface area contributed by atoms with Gasteiger partial charge in [-0.2, -0.15) is 0 Å². The first kappa shape index (κ1) is 22.1. The smallest absolute Gasteiger partial charge is 0.233 e. The molecule has 6 nitrogen and oxygen atoms in total. The summed E-state index contributed by atoms with van der Waals surface area (Å²) in [4.78, 5) is 12.6. The monoisotopic (exact) mass is 442 g/mol. The first-order valence-corrected chi connectivity index (χ1v) is 11.5. The van der Waals surface area contributed by atoms with Gasteiger partial charge in [-0.1, -0.05) is 66.4 Å². The Kier molecular flexibility index (Phi) is 8.10. The van der Waals surface area contributed by atoms with Crippen molar-refractivity contribution < 1.29 is 9.53 Å². The summed E-state index contributed by atoms with van der Waals surface area (Å²) in [5.74, 6) is 1.09. The number of anilines is 2. The summed E-state index contributed by atoms with van der Waals surface area (Å²) in [6, 6.07) is 17.9. The number of hydrogen-bond donors (Lipinski definition) is 2. The van der Waals surface area contributed by atoms with Crippen LogP contribution >= 0.6 is 23.1 Å². The third-order valence-electron chi connectivity index (χ3n) is 4.66. The largest absolute Gasteiger partial charge is 0.497 e. The van der Waals surface area contributed by atoms with Crippen LogP contribution in [0.2, 0.25) is 0 Å². The van der Waals surface area contributed by atoms with E-state index in [1.165, 1.54) is 28.7 Å². The summed E-state index contributed by atoms with van der Waals surface area (Å²) in [5, 5.41) is 15.1. The zero-order chi connectivity index (χ0) is 21.3. The third-order valence-corrected chi connectivity index (χ3v) is 6.68. The third kappa shape index (κ3) is 6.21. The van der Waals surface area contributed by atoms with Crippen LogP contribution in [-0.4, -0.2) is 35.0 Å². The van der Waals surface area contributed by atoms with Gasteiger partial charge in [0.2, 0.25) is 11.0 Å². The van der Waals surface area contributed by atoms with Gasteiger partial charge < -0.3 is 15.4 Å². The van der Waals surface area contributed by atoms with E-state index >= 15 is 0 Å². The van der Waals surface area contributed by atoms with E-state index in [0.717, 1.165) is 22.2 Å². The maximum atomic E-state index is 12.6. The minimum absolute atomic E-state index is 0.00638. The number of benzene rings is 2. The van der Waals surface area contributed by atoms with E-state index in [0.29, 0.717) is 17.6 Å². The topological polar surface area (TPSA) is 76.1 Å². The van der Waals surface area contributed by atoms with Gasteiger partial charge in [-0.05, 0) is 31.0 Å². The van der Waals surface area contributed by atoms with Crippen molar-refractivity contribution in [1.82, 2.24) is 15.5 Å². The van der Waals surface area contributed by atoms with Crippen LogP contribution in [0.3, 0.4) is 0 Å². The fourth-order valence-corrected chi connectivity index (χ4v) is 4.87. The number of nitrogens with one attached hydrogen (secondary N) is 2. The molecule has 0 saturated carbocycles. The molecule has 158 valence electrons. The quantitative estimate of drug-likeness (QED) is 0.427. The lowest BCUT2D eigenvalue weighted by atomic mass is 9.96. The number of nitrogens with zero attached hydrogens (tertiary/aromatic N) is 2. The summed E-state index contributed by atoms with van der Waals surface area (Å²) >= 11 is 2.84. The SMILES string of the molecule is CC[C@H](CNC(=O)[C@@H](C)Sc1nnc(Nc2cccc(OC)c2)s1)c1ccccc1. The van der Waals surface area contributed by atoms with Crippen LogP contribution in [0, 0.1) is 0 Å². The Morgan fingerprint density at radius 1 is 1.17 bits per heavy atom. The standard InChI is InChI=1S/C22H26N4O2S2/c1-4-16(17-9-6-5-7-10-17)14-23-20(27)15(2)29-22-26-25-21(30-22)24-18-11-8-12-19(13-18)28-3/h5-13,15-16H,4,14H2,1-3H3,(H,23,27)(H,24,25)/t15-,16-/m1/s1. The van der Waals surface area contributed by atoms with Crippen LogP contribution in [-0.2, 0) is 4.79 Å². The molecule has 30 heavy (non-hydrogen) atoms. The summed E-state index contributed by atoms with van der Waals surface area (Å²) in [7, 11) is 1.63. The number of carbonyl (C=O) groups is 1. The van der Waals surface area contributed by atoms with Crippen molar-refractivity contribution in [3.63, 3.8) is 0 Å². The molecule has 2 atom stereocenters. The lowest BCUT2D eigenvalue weighted by molar-refractivity contribution is -0.120. The summed E-state index contributed by atoms with van der Waals surface area (Å²) < 4.78 is 5.98. The van der Waals surface area contributed by atoms with Crippen LogP contribution in [0.5, 0.6) is 5.75 Å². The van der Waals surface area contributed by atoms with Gasteiger partial charge in [0.25, 0.3) is 0 Å². The number of hydrogen-bond acceptors (Lipinski definition) is 7. The maximum absolute atomic E-state index is 12.6. The molecule has 1 amide bonds. The Hall–Kier alpha value is -2.58. The molecule has 0 aliphatic heterocycles. The molecular formula is C22H26N4O2S2. The first-order valence-electron chi connectivity index (χ1n) is 9.83. The van der Waals surface area contributed by atoms with Gasteiger partial charge in [0.05, 0.1) is 12.4 Å². The highest BCUT2D eigenvalue weighted by Gasteiger charge is 2.19. The van der Waals surface area contributed by atoms with Crippen molar-refractivity contribution in [3.8, 4) is 5.75 Å². The normalized spacial score (nSPS) is 12.8. The van der Waals surface area contributed by atoms with Crippen LogP contribution < -0.4 is 15.4 Å². The highest BCUT2D eigenvalue weighted by Crippen LogP contribution is 2.31. The lowest BCUT2D eigenvalue weighted by Crippen LogP contribution is -2.34. The number of thioether (sulfide) groups is 1. The molecule has 0 aliphatic rings. The fourth-order valence-electron chi connectivity index (χ4n) is 2.93. The van der Waals surface area contributed by atoms with Crippen LogP contribution in [0.15, 0.2) is 58.9 Å². The van der Waals surface area contributed by atoms with Gasteiger partial charge in [-0.3, -0.25) is 4.79 Å². The predicted octanol–water partition coefficient (Wildman–Crippen LogP) is 5.08. The minimum atomic E-state index is -0.254. The second-order valence-corrected chi connectivity index (χ2v) is 9.32. The molecule has 2 aromatic carbocycles. The van der Waals surface area contributed by atoms with E-state index in [1.807, 2.05) is 49.4 Å². The van der Waals surface area contributed by atoms with E-state index in [-0.39, 0.29) is 11.2 Å². The van der Waals surface area contributed by atoms with Gasteiger partial charge in [-0.15, -0.1) is 10.2 Å². The molecule has 1 heterocycles. The van der Waals surface area contributed by atoms with E-state index < -0.39 is 0 Å². The highest BCUT2D eigenvalue weighted by molar-refractivity contribution is 8.02. The molecule has 0 spiro atoms. The molecule has 0 aliphatic carbocycles. The van der Waals surface area contributed by atoms with E-state index in [1.54, 1.807) is 7.11 Å². The highest BCUT2D eigenvalue weighted by atomic mass is 32.2. The number of carbonyl (C=O) groups excluding carboxylic acids is 1. The average molecular weight is 443 g/mol. The summed E-state index contributed by atoms with van der Waals surface area (Å²) in [5.41, 5.74) is 2.12. The van der Waals surface area contributed by atoms with Crippen molar-refractivity contribution in [2.75, 3.05) is 19.0 Å². The van der Waals surface area contributed by atoms with Crippen molar-refractivity contribution >= 4 is 39.8 Å². The Bertz CT molecular complexity index is 949.